The standard InChI is InChI=1S/C23H26F3N7O2S/c1-32-9-7-15(14(24)11-32)28-16-5-4-12-6-8-23(25,26)36-20-18(31-33(16)19(12)20)22-30-29-17(35-22)10-27-21(34)13-2-3-13/h4-5,13-15,28H,2-3,6-11H2,1H3,(H,27,34)/t14-,15+/m0/s1. The minimum atomic E-state index is -3.01. The number of rotatable bonds is 6. The third kappa shape index (κ3) is 4.54. The molecular formula is C23H26F3N7O2S. The number of thioether (sulfide) groups is 1. The Kier molecular flexibility index (Phi) is 5.86. The van der Waals surface area contributed by atoms with Crippen LogP contribution in [0, 0.1) is 5.92 Å². The molecule has 3 aliphatic rings. The van der Waals surface area contributed by atoms with E-state index < -0.39 is 17.5 Å². The van der Waals surface area contributed by atoms with Gasteiger partial charge in [-0.05, 0) is 56.1 Å². The Balaban J connectivity index is 1.36. The predicted molar refractivity (Wildman–Crippen MR) is 127 cm³/mol. The van der Waals surface area contributed by atoms with E-state index in [1.807, 2.05) is 11.9 Å². The van der Waals surface area contributed by atoms with Gasteiger partial charge >= 0.3 is 0 Å². The van der Waals surface area contributed by atoms with Gasteiger partial charge in [-0.25, -0.2) is 8.91 Å². The number of amides is 1. The number of aryl methyl sites for hydroxylation is 1. The zero-order valence-electron chi connectivity index (χ0n) is 19.6. The molecule has 2 N–H and O–H groups in total. The summed E-state index contributed by atoms with van der Waals surface area (Å²) in [7, 11) is 1.88. The van der Waals surface area contributed by atoms with Crippen molar-refractivity contribution in [1.82, 2.24) is 30.0 Å². The molecule has 192 valence electrons. The molecule has 0 unspecified atom stereocenters. The highest BCUT2D eigenvalue weighted by atomic mass is 32.2. The number of piperidine rings is 1. The maximum absolute atomic E-state index is 14.7. The predicted octanol–water partition coefficient (Wildman–Crippen LogP) is 3.50. The number of alkyl halides is 3. The Morgan fingerprint density at radius 2 is 2.11 bits per heavy atom. The lowest BCUT2D eigenvalue weighted by atomic mass is 10.0. The van der Waals surface area contributed by atoms with Crippen molar-refractivity contribution in [3.63, 3.8) is 0 Å². The van der Waals surface area contributed by atoms with Crippen LogP contribution in [0.1, 0.15) is 37.1 Å². The fourth-order valence-electron chi connectivity index (χ4n) is 4.70. The lowest BCUT2D eigenvalue weighted by Gasteiger charge is -2.33. The van der Waals surface area contributed by atoms with Crippen molar-refractivity contribution in [3.8, 4) is 11.6 Å². The number of pyridine rings is 1. The zero-order chi connectivity index (χ0) is 25.0. The topological polar surface area (TPSA) is 101 Å². The van der Waals surface area contributed by atoms with Gasteiger partial charge in [-0.1, -0.05) is 6.07 Å². The Hall–Kier alpha value is -2.80. The molecule has 1 amide bonds. The average Bonchev–Trinajstić information content (AvgIpc) is 3.51. The van der Waals surface area contributed by atoms with Crippen molar-refractivity contribution < 1.29 is 22.4 Å². The van der Waals surface area contributed by atoms with Crippen LogP contribution in [0.4, 0.5) is 19.0 Å². The first-order valence-corrected chi connectivity index (χ1v) is 12.9. The van der Waals surface area contributed by atoms with Crippen molar-refractivity contribution in [1.29, 1.82) is 0 Å². The molecule has 36 heavy (non-hydrogen) atoms. The van der Waals surface area contributed by atoms with Gasteiger partial charge < -0.3 is 20.0 Å². The van der Waals surface area contributed by atoms with Crippen LogP contribution in [0.3, 0.4) is 0 Å². The summed E-state index contributed by atoms with van der Waals surface area (Å²) in [5, 5.41) is 15.6. The highest BCUT2D eigenvalue weighted by Gasteiger charge is 2.39. The van der Waals surface area contributed by atoms with Crippen molar-refractivity contribution >= 4 is 29.0 Å². The minimum Gasteiger partial charge on any atom is -0.417 e. The fraction of sp³-hybridized carbons (Fsp3) is 0.565. The summed E-state index contributed by atoms with van der Waals surface area (Å²) < 4.78 is 51.5. The van der Waals surface area contributed by atoms with E-state index in [1.165, 1.54) is 0 Å². The van der Waals surface area contributed by atoms with Gasteiger partial charge in [0.25, 0.3) is 11.1 Å². The number of carbonyl (C=O) groups excluding carboxylic acids is 1. The number of nitrogens with zero attached hydrogens (tertiary/aromatic N) is 5. The normalized spacial score (nSPS) is 24.0. The van der Waals surface area contributed by atoms with Crippen LogP contribution in [0.25, 0.3) is 17.1 Å². The lowest BCUT2D eigenvalue weighted by molar-refractivity contribution is -0.122. The molecule has 6 rings (SSSR count). The van der Waals surface area contributed by atoms with E-state index in [0.29, 0.717) is 36.1 Å². The van der Waals surface area contributed by atoms with Gasteiger partial charge in [0.15, 0.2) is 5.69 Å². The fourth-order valence-corrected chi connectivity index (χ4v) is 5.74. The van der Waals surface area contributed by atoms with Gasteiger partial charge in [0.2, 0.25) is 11.8 Å². The average molecular weight is 522 g/mol. The Morgan fingerprint density at radius 1 is 1.28 bits per heavy atom. The van der Waals surface area contributed by atoms with Crippen molar-refractivity contribution in [3.05, 3.63) is 23.6 Å². The second-order valence-corrected chi connectivity index (χ2v) is 10.9. The number of aromatic nitrogens is 4. The summed E-state index contributed by atoms with van der Waals surface area (Å²) in [6.45, 7) is 1.12. The van der Waals surface area contributed by atoms with Gasteiger partial charge in [0, 0.05) is 25.4 Å². The molecular weight excluding hydrogens is 495 g/mol. The number of halogens is 3. The third-order valence-corrected chi connectivity index (χ3v) is 7.96. The Morgan fingerprint density at radius 3 is 2.89 bits per heavy atom. The molecule has 13 heteroatoms. The monoisotopic (exact) mass is 521 g/mol. The van der Waals surface area contributed by atoms with Gasteiger partial charge in [-0.15, -0.1) is 10.2 Å². The maximum atomic E-state index is 14.7. The van der Waals surface area contributed by atoms with Gasteiger partial charge in [0.1, 0.15) is 12.0 Å². The van der Waals surface area contributed by atoms with E-state index in [-0.39, 0.29) is 53.6 Å². The van der Waals surface area contributed by atoms with E-state index in [4.69, 9.17) is 4.42 Å². The largest absolute Gasteiger partial charge is 0.417 e. The number of likely N-dealkylation sites (tertiary alicyclic amines) is 1. The Labute approximate surface area is 209 Å². The molecule has 1 saturated carbocycles. The zero-order valence-corrected chi connectivity index (χ0v) is 20.5. The molecule has 3 aromatic rings. The molecule has 1 aliphatic carbocycles. The number of carbonyl (C=O) groups is 1. The first-order valence-electron chi connectivity index (χ1n) is 12.1. The first kappa shape index (κ1) is 23.6. The SMILES string of the molecule is CN1CC[C@@H](Nc2ccc3c4c(c(-c5nnc(CNC(=O)C6CC6)o5)nn24)SC(F)(F)CC3)[C@@H](F)C1. The third-order valence-electron chi connectivity index (χ3n) is 6.86. The van der Waals surface area contributed by atoms with Gasteiger partial charge in [0.05, 0.1) is 23.0 Å². The molecule has 3 aromatic heterocycles. The van der Waals surface area contributed by atoms with Crippen molar-refractivity contribution in [2.45, 2.75) is 61.0 Å². The lowest BCUT2D eigenvalue weighted by Crippen LogP contribution is -2.46. The second kappa shape index (κ2) is 8.94. The molecule has 2 atom stereocenters. The van der Waals surface area contributed by atoms with Crippen LogP contribution in [0.15, 0.2) is 21.4 Å². The van der Waals surface area contributed by atoms with Gasteiger partial charge in [-0.3, -0.25) is 4.79 Å². The molecule has 0 aromatic carbocycles. The molecule has 1 saturated heterocycles. The quantitative estimate of drug-likeness (QED) is 0.509. The van der Waals surface area contributed by atoms with Crippen LogP contribution >= 0.6 is 11.8 Å². The summed E-state index contributed by atoms with van der Waals surface area (Å²) in [6.07, 6.45) is 1.12. The van der Waals surface area contributed by atoms with Crippen molar-refractivity contribution in [2.24, 2.45) is 5.92 Å². The van der Waals surface area contributed by atoms with E-state index in [1.54, 1.807) is 16.6 Å². The van der Waals surface area contributed by atoms with Crippen LogP contribution < -0.4 is 10.6 Å². The summed E-state index contributed by atoms with van der Waals surface area (Å²) in [6, 6.07) is 3.13. The summed E-state index contributed by atoms with van der Waals surface area (Å²) in [4.78, 5) is 14.1. The van der Waals surface area contributed by atoms with Gasteiger partial charge in [-0.2, -0.15) is 13.9 Å². The number of hydrogen-bond acceptors (Lipinski definition) is 8. The highest BCUT2D eigenvalue weighted by Crippen LogP contribution is 2.49. The van der Waals surface area contributed by atoms with E-state index in [9.17, 15) is 18.0 Å². The molecule has 0 spiro atoms. The summed E-state index contributed by atoms with van der Waals surface area (Å²) >= 11 is 0.428. The van der Waals surface area contributed by atoms with Crippen LogP contribution in [-0.2, 0) is 17.8 Å². The first-order chi connectivity index (χ1) is 17.3. The van der Waals surface area contributed by atoms with E-state index in [0.717, 1.165) is 24.9 Å². The molecule has 9 nitrogen and oxygen atoms in total. The summed E-state index contributed by atoms with van der Waals surface area (Å²) in [5.74, 6) is 0.647. The van der Waals surface area contributed by atoms with Crippen LogP contribution in [0.2, 0.25) is 0 Å². The molecule has 5 heterocycles. The number of nitrogens with one attached hydrogen (secondary N) is 2. The number of anilines is 1. The summed E-state index contributed by atoms with van der Waals surface area (Å²) in [5.41, 5.74) is 1.39. The smallest absolute Gasteiger partial charge is 0.298 e. The highest BCUT2D eigenvalue weighted by molar-refractivity contribution is 8.00. The van der Waals surface area contributed by atoms with Crippen LogP contribution in [-0.4, -0.2) is 68.2 Å². The van der Waals surface area contributed by atoms with Crippen molar-refractivity contribution in [2.75, 3.05) is 25.5 Å². The maximum Gasteiger partial charge on any atom is 0.298 e. The molecule has 0 bridgehead atoms. The Bertz CT molecular complexity index is 1310. The molecule has 2 fully saturated rings. The minimum absolute atomic E-state index is 0.00544. The molecule has 0 radical (unpaired) electrons. The van der Waals surface area contributed by atoms with E-state index >= 15 is 0 Å². The molecule has 2 aliphatic heterocycles. The number of hydrogen-bond donors (Lipinski definition) is 2. The second-order valence-electron chi connectivity index (χ2n) is 9.73. The van der Waals surface area contributed by atoms with E-state index in [2.05, 4.69) is 25.9 Å². The van der Waals surface area contributed by atoms with Crippen LogP contribution in [0.5, 0.6) is 0 Å².